The maximum Gasteiger partial charge on any atom is 0.238 e. The summed E-state index contributed by atoms with van der Waals surface area (Å²) in [6, 6.07) is 1.77. The SMILES string of the molecule is CC(C)S(=O)(=O)CC(=O)N1CCCn2nc([C@H](C)O)cc2C1. The van der Waals surface area contributed by atoms with E-state index in [9.17, 15) is 18.3 Å². The molecular formula is C14H23N3O4S. The maximum atomic E-state index is 12.3. The molecule has 8 heteroatoms. The number of aliphatic hydroxyl groups is 1. The second-order valence-corrected chi connectivity index (χ2v) is 8.54. The van der Waals surface area contributed by atoms with Crippen molar-refractivity contribution in [2.45, 2.75) is 51.6 Å². The van der Waals surface area contributed by atoms with E-state index >= 15 is 0 Å². The van der Waals surface area contributed by atoms with Crippen molar-refractivity contribution in [1.82, 2.24) is 14.7 Å². The fourth-order valence-corrected chi connectivity index (χ4v) is 3.19. The Hall–Kier alpha value is -1.41. The van der Waals surface area contributed by atoms with Crippen LogP contribution in [0.3, 0.4) is 0 Å². The highest BCUT2D eigenvalue weighted by molar-refractivity contribution is 7.92. The lowest BCUT2D eigenvalue weighted by Gasteiger charge is -2.20. The zero-order chi connectivity index (χ0) is 16.5. The molecule has 2 heterocycles. The van der Waals surface area contributed by atoms with Gasteiger partial charge < -0.3 is 10.0 Å². The van der Waals surface area contributed by atoms with Crippen LogP contribution in [0.4, 0.5) is 0 Å². The summed E-state index contributed by atoms with van der Waals surface area (Å²) in [5.74, 6) is -0.829. The van der Waals surface area contributed by atoms with Crippen molar-refractivity contribution >= 4 is 15.7 Å². The molecule has 0 fully saturated rings. The molecule has 0 bridgehead atoms. The van der Waals surface area contributed by atoms with Crippen molar-refractivity contribution in [3.8, 4) is 0 Å². The number of aryl methyl sites for hydroxylation is 1. The molecule has 124 valence electrons. The molecule has 22 heavy (non-hydrogen) atoms. The van der Waals surface area contributed by atoms with Crippen molar-refractivity contribution in [3.05, 3.63) is 17.5 Å². The summed E-state index contributed by atoms with van der Waals surface area (Å²) in [5.41, 5.74) is 1.39. The summed E-state index contributed by atoms with van der Waals surface area (Å²) in [6.45, 7) is 6.29. The van der Waals surface area contributed by atoms with Crippen LogP contribution in [0.5, 0.6) is 0 Å². The van der Waals surface area contributed by atoms with Gasteiger partial charge in [0.05, 0.1) is 29.3 Å². The fraction of sp³-hybridized carbons (Fsp3) is 0.714. The number of carbonyl (C=O) groups is 1. The number of carbonyl (C=O) groups excluding carboxylic acids is 1. The molecule has 0 aromatic carbocycles. The van der Waals surface area contributed by atoms with E-state index in [0.29, 0.717) is 31.7 Å². The monoisotopic (exact) mass is 329 g/mol. The van der Waals surface area contributed by atoms with E-state index in [1.807, 2.05) is 0 Å². The molecule has 1 atom stereocenters. The Morgan fingerprint density at radius 3 is 2.64 bits per heavy atom. The van der Waals surface area contributed by atoms with Gasteiger partial charge in [0, 0.05) is 13.1 Å². The topological polar surface area (TPSA) is 92.5 Å². The summed E-state index contributed by atoms with van der Waals surface area (Å²) in [4.78, 5) is 13.9. The van der Waals surface area contributed by atoms with Crippen LogP contribution in [-0.4, -0.2) is 51.7 Å². The number of rotatable bonds is 4. The minimum absolute atomic E-state index is 0.326. The standard InChI is InChI=1S/C14H23N3O4S/c1-10(2)22(20,21)9-14(19)16-5-4-6-17-12(8-16)7-13(15-17)11(3)18/h7,10-11,18H,4-6,8-9H2,1-3H3/t11-/m0/s1. The number of fused-ring (bicyclic) bond motifs is 1. The Bertz CT molecular complexity index is 649. The number of nitrogens with zero attached hydrogens (tertiary/aromatic N) is 3. The lowest BCUT2D eigenvalue weighted by atomic mass is 10.2. The molecule has 1 aliphatic rings. The number of aliphatic hydroxyl groups excluding tert-OH is 1. The molecule has 1 aliphatic heterocycles. The van der Waals surface area contributed by atoms with Crippen LogP contribution in [0.15, 0.2) is 6.07 Å². The van der Waals surface area contributed by atoms with Gasteiger partial charge in [0.15, 0.2) is 9.84 Å². The minimum Gasteiger partial charge on any atom is -0.387 e. The molecule has 2 rings (SSSR count). The second kappa shape index (κ2) is 6.37. The van der Waals surface area contributed by atoms with E-state index in [0.717, 1.165) is 5.69 Å². The van der Waals surface area contributed by atoms with Crippen molar-refractivity contribution in [2.75, 3.05) is 12.3 Å². The van der Waals surface area contributed by atoms with Gasteiger partial charge in [-0.25, -0.2) is 8.42 Å². The Kier molecular flexibility index (Phi) is 4.91. The molecule has 1 aromatic heterocycles. The Labute approximate surface area is 130 Å². The average molecular weight is 329 g/mol. The predicted molar refractivity (Wildman–Crippen MR) is 81.8 cm³/mol. The number of sulfone groups is 1. The number of hydrogen-bond donors (Lipinski definition) is 1. The van der Waals surface area contributed by atoms with E-state index in [-0.39, 0.29) is 5.91 Å². The van der Waals surface area contributed by atoms with Gasteiger partial charge in [-0.1, -0.05) is 0 Å². The normalized spacial score (nSPS) is 17.2. The third kappa shape index (κ3) is 3.67. The Morgan fingerprint density at radius 2 is 2.05 bits per heavy atom. The van der Waals surface area contributed by atoms with Crippen LogP contribution < -0.4 is 0 Å². The van der Waals surface area contributed by atoms with Gasteiger partial charge in [0.1, 0.15) is 5.75 Å². The highest BCUT2D eigenvalue weighted by Crippen LogP contribution is 2.18. The highest BCUT2D eigenvalue weighted by Gasteiger charge is 2.27. The molecule has 0 radical (unpaired) electrons. The van der Waals surface area contributed by atoms with Crippen molar-refractivity contribution < 1.29 is 18.3 Å². The predicted octanol–water partition coefficient (Wildman–Crippen LogP) is 0.492. The third-order valence-corrected chi connectivity index (χ3v) is 5.94. The van der Waals surface area contributed by atoms with Gasteiger partial charge in [0.25, 0.3) is 0 Å². The van der Waals surface area contributed by atoms with Gasteiger partial charge in [-0.3, -0.25) is 9.48 Å². The van der Waals surface area contributed by atoms with Crippen LogP contribution in [0.25, 0.3) is 0 Å². The quantitative estimate of drug-likeness (QED) is 0.868. The van der Waals surface area contributed by atoms with Crippen LogP contribution in [0.1, 0.15) is 44.7 Å². The van der Waals surface area contributed by atoms with E-state index in [1.54, 1.807) is 36.4 Å². The number of hydrogen-bond acceptors (Lipinski definition) is 5. The zero-order valence-corrected chi connectivity index (χ0v) is 14.0. The van der Waals surface area contributed by atoms with E-state index in [4.69, 9.17) is 0 Å². The highest BCUT2D eigenvalue weighted by atomic mass is 32.2. The van der Waals surface area contributed by atoms with Crippen LogP contribution in [-0.2, 0) is 27.7 Å². The summed E-state index contributed by atoms with van der Waals surface area (Å²) in [6.07, 6.45) is 0.0476. The molecule has 1 aromatic rings. The number of aromatic nitrogens is 2. The first-order chi connectivity index (χ1) is 10.2. The van der Waals surface area contributed by atoms with Crippen LogP contribution in [0.2, 0.25) is 0 Å². The van der Waals surface area contributed by atoms with Gasteiger partial charge in [0.2, 0.25) is 5.91 Å². The van der Waals surface area contributed by atoms with Crippen LogP contribution in [0, 0.1) is 0 Å². The van der Waals surface area contributed by atoms with Crippen molar-refractivity contribution in [3.63, 3.8) is 0 Å². The summed E-state index contributed by atoms with van der Waals surface area (Å²) >= 11 is 0. The molecule has 0 saturated heterocycles. The first-order valence-corrected chi connectivity index (χ1v) is 9.16. The summed E-state index contributed by atoms with van der Waals surface area (Å²) in [7, 11) is -3.40. The van der Waals surface area contributed by atoms with Gasteiger partial charge in [-0.15, -0.1) is 0 Å². The third-order valence-electron chi connectivity index (χ3n) is 3.86. The van der Waals surface area contributed by atoms with E-state index < -0.39 is 26.9 Å². The zero-order valence-electron chi connectivity index (χ0n) is 13.2. The molecule has 1 N–H and O–H groups in total. The molecule has 7 nitrogen and oxygen atoms in total. The van der Waals surface area contributed by atoms with E-state index in [1.165, 1.54) is 0 Å². The summed E-state index contributed by atoms with van der Waals surface area (Å²) < 4.78 is 25.6. The molecule has 0 spiro atoms. The second-order valence-electron chi connectivity index (χ2n) is 5.98. The van der Waals surface area contributed by atoms with Gasteiger partial charge in [-0.2, -0.15) is 5.10 Å². The largest absolute Gasteiger partial charge is 0.387 e. The number of amides is 1. The van der Waals surface area contributed by atoms with Gasteiger partial charge in [-0.05, 0) is 33.3 Å². The first kappa shape index (κ1) is 17.0. The molecule has 0 unspecified atom stereocenters. The maximum absolute atomic E-state index is 12.3. The average Bonchev–Trinajstić information content (AvgIpc) is 2.70. The summed E-state index contributed by atoms with van der Waals surface area (Å²) in [5, 5.41) is 13.4. The molecule has 1 amide bonds. The van der Waals surface area contributed by atoms with E-state index in [2.05, 4.69) is 5.10 Å². The molecule has 0 aliphatic carbocycles. The Balaban J connectivity index is 2.14. The van der Waals surface area contributed by atoms with Crippen LogP contribution >= 0.6 is 0 Å². The molecular weight excluding hydrogens is 306 g/mol. The van der Waals surface area contributed by atoms with Crippen molar-refractivity contribution in [1.29, 1.82) is 0 Å². The molecule has 0 saturated carbocycles. The minimum atomic E-state index is -3.40. The first-order valence-electron chi connectivity index (χ1n) is 7.44. The van der Waals surface area contributed by atoms with Gasteiger partial charge >= 0.3 is 0 Å². The lowest BCUT2D eigenvalue weighted by molar-refractivity contribution is -0.129. The Morgan fingerprint density at radius 1 is 1.36 bits per heavy atom. The van der Waals surface area contributed by atoms with Crippen molar-refractivity contribution in [2.24, 2.45) is 0 Å². The fourth-order valence-electron chi connectivity index (χ4n) is 2.33. The smallest absolute Gasteiger partial charge is 0.238 e. The lowest BCUT2D eigenvalue weighted by Crippen LogP contribution is -2.37.